The Labute approximate surface area is 187 Å². The van der Waals surface area contributed by atoms with Crippen LogP contribution in [-0.4, -0.2) is 5.78 Å². The van der Waals surface area contributed by atoms with E-state index in [4.69, 9.17) is 0 Å². The molecule has 5 aromatic rings. The van der Waals surface area contributed by atoms with E-state index in [2.05, 4.69) is 84.9 Å². The summed E-state index contributed by atoms with van der Waals surface area (Å²) >= 11 is 0. The van der Waals surface area contributed by atoms with Crippen molar-refractivity contribution in [1.82, 2.24) is 0 Å². The van der Waals surface area contributed by atoms with Gasteiger partial charge in [-0.05, 0) is 68.8 Å². The van der Waals surface area contributed by atoms with Gasteiger partial charge in [-0.1, -0.05) is 97.1 Å². The molecule has 150 valence electrons. The number of carbonyl (C=O) groups is 1. The summed E-state index contributed by atoms with van der Waals surface area (Å²) in [5.74, 6) is 0.111. The van der Waals surface area contributed by atoms with Crippen molar-refractivity contribution < 1.29 is 4.79 Å². The fraction of sp³-hybridized carbons (Fsp3) is 0. The maximum atomic E-state index is 13.0. The third-order valence-corrected chi connectivity index (χ3v) is 6.21. The zero-order valence-electron chi connectivity index (χ0n) is 17.5. The standard InChI is InChI=1S/C31H20O/c32-31-29-14-8-7-13-27(29)28-16-15-23(20-30(28)31)26-18-24(21-9-3-1-4-10-21)17-25(19-26)22-11-5-2-6-12-22/h1-20H. The van der Waals surface area contributed by atoms with E-state index < -0.39 is 0 Å². The van der Waals surface area contributed by atoms with Gasteiger partial charge >= 0.3 is 0 Å². The Kier molecular flexibility index (Phi) is 4.33. The predicted molar refractivity (Wildman–Crippen MR) is 132 cm³/mol. The van der Waals surface area contributed by atoms with Crippen LogP contribution in [0.2, 0.25) is 0 Å². The van der Waals surface area contributed by atoms with Crippen molar-refractivity contribution in [2.45, 2.75) is 0 Å². The molecule has 0 saturated heterocycles. The van der Waals surface area contributed by atoms with E-state index in [0.29, 0.717) is 0 Å². The average Bonchev–Trinajstić information content (AvgIpc) is 3.16. The zero-order valence-corrected chi connectivity index (χ0v) is 17.5. The number of fused-ring (bicyclic) bond motifs is 3. The summed E-state index contributed by atoms with van der Waals surface area (Å²) < 4.78 is 0. The van der Waals surface area contributed by atoms with Crippen LogP contribution in [0.3, 0.4) is 0 Å². The van der Waals surface area contributed by atoms with Gasteiger partial charge in [-0.2, -0.15) is 0 Å². The minimum atomic E-state index is 0.111. The van der Waals surface area contributed by atoms with Crippen LogP contribution in [0.5, 0.6) is 0 Å². The molecule has 0 spiro atoms. The van der Waals surface area contributed by atoms with Gasteiger partial charge in [0.05, 0.1) is 0 Å². The van der Waals surface area contributed by atoms with Gasteiger partial charge in [-0.3, -0.25) is 4.79 Å². The van der Waals surface area contributed by atoms with E-state index in [-0.39, 0.29) is 5.78 Å². The maximum absolute atomic E-state index is 13.0. The number of rotatable bonds is 3. The molecule has 0 unspecified atom stereocenters. The summed E-state index contributed by atoms with van der Waals surface area (Å²) in [6.45, 7) is 0. The van der Waals surface area contributed by atoms with Crippen LogP contribution in [0.4, 0.5) is 0 Å². The number of hydrogen-bond donors (Lipinski definition) is 0. The van der Waals surface area contributed by atoms with Crippen molar-refractivity contribution in [3.05, 3.63) is 132 Å². The summed E-state index contributed by atoms with van der Waals surface area (Å²) in [6.07, 6.45) is 0. The van der Waals surface area contributed by atoms with Crippen molar-refractivity contribution in [1.29, 1.82) is 0 Å². The first-order valence-corrected chi connectivity index (χ1v) is 10.8. The molecule has 0 atom stereocenters. The van der Waals surface area contributed by atoms with Crippen molar-refractivity contribution in [2.75, 3.05) is 0 Å². The molecule has 6 rings (SSSR count). The van der Waals surface area contributed by atoms with Crippen LogP contribution in [-0.2, 0) is 0 Å². The molecule has 0 aromatic heterocycles. The predicted octanol–water partition coefficient (Wildman–Crippen LogP) is 7.90. The van der Waals surface area contributed by atoms with Crippen LogP contribution in [0.25, 0.3) is 44.5 Å². The molecule has 0 aliphatic heterocycles. The van der Waals surface area contributed by atoms with E-state index >= 15 is 0 Å². The van der Waals surface area contributed by atoms with Crippen molar-refractivity contribution >= 4 is 5.78 Å². The SMILES string of the molecule is O=C1c2ccccc2-c2ccc(-c3cc(-c4ccccc4)cc(-c4ccccc4)c3)cc21. The monoisotopic (exact) mass is 408 g/mol. The molecule has 32 heavy (non-hydrogen) atoms. The number of carbonyl (C=O) groups excluding carboxylic acids is 1. The number of hydrogen-bond acceptors (Lipinski definition) is 1. The van der Waals surface area contributed by atoms with E-state index in [1.165, 1.54) is 11.1 Å². The second-order valence-corrected chi connectivity index (χ2v) is 8.17. The second-order valence-electron chi connectivity index (χ2n) is 8.17. The van der Waals surface area contributed by atoms with Gasteiger partial charge in [-0.25, -0.2) is 0 Å². The molecule has 0 amide bonds. The molecular formula is C31H20O. The van der Waals surface area contributed by atoms with Gasteiger partial charge in [0.1, 0.15) is 0 Å². The third kappa shape index (κ3) is 3.07. The molecule has 1 aliphatic carbocycles. The highest BCUT2D eigenvalue weighted by atomic mass is 16.1. The Hall–Kier alpha value is -4.23. The van der Waals surface area contributed by atoms with Gasteiger partial charge < -0.3 is 0 Å². The highest BCUT2D eigenvalue weighted by Gasteiger charge is 2.26. The lowest BCUT2D eigenvalue weighted by molar-refractivity contribution is 0.104. The summed E-state index contributed by atoms with van der Waals surface area (Å²) in [6, 6.07) is 41.7. The topological polar surface area (TPSA) is 17.1 Å². The van der Waals surface area contributed by atoms with E-state index in [1.807, 2.05) is 36.4 Å². The lowest BCUT2D eigenvalue weighted by atomic mass is 9.92. The van der Waals surface area contributed by atoms with Crippen LogP contribution < -0.4 is 0 Å². The first-order valence-electron chi connectivity index (χ1n) is 10.8. The smallest absolute Gasteiger partial charge is 0.194 e. The third-order valence-electron chi connectivity index (χ3n) is 6.21. The number of ketones is 1. The van der Waals surface area contributed by atoms with Gasteiger partial charge in [-0.15, -0.1) is 0 Å². The Morgan fingerprint density at radius 3 is 1.38 bits per heavy atom. The molecule has 1 nitrogen and oxygen atoms in total. The number of benzene rings is 5. The molecule has 0 saturated carbocycles. The summed E-state index contributed by atoms with van der Waals surface area (Å²) in [5.41, 5.74) is 10.5. The molecule has 0 bridgehead atoms. The second kappa shape index (κ2) is 7.47. The van der Waals surface area contributed by atoms with E-state index in [0.717, 1.165) is 44.5 Å². The van der Waals surface area contributed by atoms with Gasteiger partial charge in [0, 0.05) is 11.1 Å². The van der Waals surface area contributed by atoms with Crippen molar-refractivity contribution in [2.24, 2.45) is 0 Å². The summed E-state index contributed by atoms with van der Waals surface area (Å²) in [5, 5.41) is 0. The van der Waals surface area contributed by atoms with Crippen molar-refractivity contribution in [3.8, 4) is 44.5 Å². The summed E-state index contributed by atoms with van der Waals surface area (Å²) in [7, 11) is 0. The molecule has 0 fully saturated rings. The molecule has 1 aliphatic rings. The molecular weight excluding hydrogens is 388 g/mol. The van der Waals surface area contributed by atoms with Crippen LogP contribution in [0.1, 0.15) is 15.9 Å². The molecule has 0 radical (unpaired) electrons. The Balaban J connectivity index is 1.53. The summed E-state index contributed by atoms with van der Waals surface area (Å²) in [4.78, 5) is 13.0. The van der Waals surface area contributed by atoms with E-state index in [1.54, 1.807) is 0 Å². The van der Waals surface area contributed by atoms with Gasteiger partial charge in [0.2, 0.25) is 0 Å². The highest BCUT2D eigenvalue weighted by Crippen LogP contribution is 2.40. The van der Waals surface area contributed by atoms with Crippen LogP contribution in [0.15, 0.2) is 121 Å². The van der Waals surface area contributed by atoms with Crippen LogP contribution in [0, 0.1) is 0 Å². The zero-order chi connectivity index (χ0) is 21.5. The van der Waals surface area contributed by atoms with Gasteiger partial charge in [0.15, 0.2) is 5.78 Å². The molecule has 1 heteroatoms. The lowest BCUT2D eigenvalue weighted by Gasteiger charge is -2.12. The van der Waals surface area contributed by atoms with Gasteiger partial charge in [0.25, 0.3) is 0 Å². The molecule has 5 aromatic carbocycles. The first-order chi connectivity index (χ1) is 15.8. The fourth-order valence-electron chi connectivity index (χ4n) is 4.60. The Morgan fingerprint density at radius 1 is 0.312 bits per heavy atom. The minimum absolute atomic E-state index is 0.111. The lowest BCUT2D eigenvalue weighted by Crippen LogP contribution is -1.95. The van der Waals surface area contributed by atoms with Crippen LogP contribution >= 0.6 is 0 Å². The average molecular weight is 409 g/mol. The minimum Gasteiger partial charge on any atom is -0.289 e. The normalized spacial score (nSPS) is 11.8. The Morgan fingerprint density at radius 2 is 0.781 bits per heavy atom. The van der Waals surface area contributed by atoms with E-state index in [9.17, 15) is 4.79 Å². The molecule has 0 N–H and O–H groups in total. The molecule has 0 heterocycles. The quantitative estimate of drug-likeness (QED) is 0.291. The fourth-order valence-corrected chi connectivity index (χ4v) is 4.60. The highest BCUT2D eigenvalue weighted by molar-refractivity contribution is 6.22. The maximum Gasteiger partial charge on any atom is 0.194 e. The largest absolute Gasteiger partial charge is 0.289 e. The first kappa shape index (κ1) is 18.5. The van der Waals surface area contributed by atoms with Crippen molar-refractivity contribution in [3.63, 3.8) is 0 Å². The Bertz CT molecular complexity index is 1410.